The van der Waals surface area contributed by atoms with Crippen LogP contribution < -0.4 is 5.32 Å². The van der Waals surface area contributed by atoms with Crippen LogP contribution in [0.4, 0.5) is 0 Å². The Hall–Kier alpha value is -1.01. The van der Waals surface area contributed by atoms with Crippen LogP contribution in [0.25, 0.3) is 0 Å². The van der Waals surface area contributed by atoms with Crippen LogP contribution in [-0.4, -0.2) is 23.7 Å². The van der Waals surface area contributed by atoms with Gasteiger partial charge in [0.05, 0.1) is 6.10 Å². The molecule has 1 atom stereocenters. The molecule has 10 heavy (non-hydrogen) atoms. The fourth-order valence-corrected chi connectivity index (χ4v) is 0.398. The fraction of sp³-hybridized carbons (Fsp3) is 0.571. The SMILES string of the molecule is CC#CC(=O)NC[C@@H](C)O. The lowest BCUT2D eigenvalue weighted by Gasteiger charge is -2.01. The molecule has 0 bridgehead atoms. The largest absolute Gasteiger partial charge is 0.392 e. The third-order valence-corrected chi connectivity index (χ3v) is 0.797. The van der Waals surface area contributed by atoms with Gasteiger partial charge in [-0.15, -0.1) is 0 Å². The minimum atomic E-state index is -0.511. The number of hydrogen-bond acceptors (Lipinski definition) is 2. The number of carbonyl (C=O) groups is 1. The van der Waals surface area contributed by atoms with E-state index in [1.807, 2.05) is 0 Å². The minimum absolute atomic E-state index is 0.257. The second-order valence-corrected chi connectivity index (χ2v) is 1.93. The molecule has 0 aliphatic carbocycles. The Morgan fingerprint density at radius 3 is 2.80 bits per heavy atom. The quantitative estimate of drug-likeness (QED) is 0.510. The molecule has 0 aliphatic heterocycles. The number of aliphatic hydroxyl groups excluding tert-OH is 1. The van der Waals surface area contributed by atoms with E-state index in [2.05, 4.69) is 17.2 Å². The summed E-state index contributed by atoms with van der Waals surface area (Å²) in [7, 11) is 0. The van der Waals surface area contributed by atoms with E-state index in [0.717, 1.165) is 0 Å². The smallest absolute Gasteiger partial charge is 0.295 e. The average Bonchev–Trinajstić information content (AvgIpc) is 1.85. The zero-order chi connectivity index (χ0) is 7.98. The van der Waals surface area contributed by atoms with Crippen molar-refractivity contribution in [1.82, 2.24) is 5.32 Å². The summed E-state index contributed by atoms with van der Waals surface area (Å²) >= 11 is 0. The summed E-state index contributed by atoms with van der Waals surface area (Å²) in [6.07, 6.45) is -0.511. The van der Waals surface area contributed by atoms with Crippen LogP contribution >= 0.6 is 0 Å². The summed E-state index contributed by atoms with van der Waals surface area (Å²) in [5.74, 6) is 4.39. The molecule has 3 heteroatoms. The predicted molar refractivity (Wildman–Crippen MR) is 38.1 cm³/mol. The third kappa shape index (κ3) is 5.13. The van der Waals surface area contributed by atoms with Crippen molar-refractivity contribution in [3.8, 4) is 11.8 Å². The Bertz CT molecular complexity index is 164. The van der Waals surface area contributed by atoms with Crippen LogP contribution in [0.15, 0.2) is 0 Å². The Balaban J connectivity index is 3.47. The number of hydrogen-bond donors (Lipinski definition) is 2. The van der Waals surface area contributed by atoms with E-state index in [9.17, 15) is 4.79 Å². The van der Waals surface area contributed by atoms with Crippen LogP contribution in [-0.2, 0) is 4.79 Å². The Labute approximate surface area is 60.4 Å². The maximum atomic E-state index is 10.6. The van der Waals surface area contributed by atoms with Crippen LogP contribution in [0.5, 0.6) is 0 Å². The average molecular weight is 141 g/mol. The fourth-order valence-electron chi connectivity index (χ4n) is 0.398. The molecule has 1 amide bonds. The molecule has 0 aromatic carbocycles. The molecule has 0 fully saturated rings. The molecule has 0 aromatic heterocycles. The molecule has 0 rings (SSSR count). The Morgan fingerprint density at radius 1 is 1.80 bits per heavy atom. The first-order valence-electron chi connectivity index (χ1n) is 3.05. The number of rotatable bonds is 2. The van der Waals surface area contributed by atoms with Crippen molar-refractivity contribution in [2.24, 2.45) is 0 Å². The molecule has 0 saturated carbocycles. The van der Waals surface area contributed by atoms with Gasteiger partial charge in [0.15, 0.2) is 0 Å². The van der Waals surface area contributed by atoms with Gasteiger partial charge < -0.3 is 10.4 Å². The van der Waals surface area contributed by atoms with Gasteiger partial charge in [-0.05, 0) is 19.8 Å². The molecule has 3 nitrogen and oxygen atoms in total. The van der Waals surface area contributed by atoms with E-state index in [1.165, 1.54) is 0 Å². The van der Waals surface area contributed by atoms with Gasteiger partial charge in [-0.2, -0.15) is 0 Å². The molecular weight excluding hydrogens is 130 g/mol. The van der Waals surface area contributed by atoms with Gasteiger partial charge in [0.1, 0.15) is 0 Å². The molecule has 0 heterocycles. The standard InChI is InChI=1S/C7H11NO2/c1-3-4-7(10)8-5-6(2)9/h6,9H,5H2,1-2H3,(H,8,10)/t6-/m1/s1. The molecular formula is C7H11NO2. The number of carbonyl (C=O) groups excluding carboxylic acids is 1. The summed E-state index contributed by atoms with van der Waals surface area (Å²) in [6.45, 7) is 3.44. The first-order chi connectivity index (χ1) is 4.66. The first kappa shape index (κ1) is 8.99. The highest BCUT2D eigenvalue weighted by molar-refractivity contribution is 5.93. The van der Waals surface area contributed by atoms with Crippen molar-refractivity contribution < 1.29 is 9.90 Å². The van der Waals surface area contributed by atoms with E-state index in [0.29, 0.717) is 0 Å². The van der Waals surface area contributed by atoms with Crippen LogP contribution in [0.2, 0.25) is 0 Å². The minimum Gasteiger partial charge on any atom is -0.392 e. The lowest BCUT2D eigenvalue weighted by Crippen LogP contribution is -2.29. The van der Waals surface area contributed by atoms with Gasteiger partial charge in [-0.25, -0.2) is 0 Å². The monoisotopic (exact) mass is 141 g/mol. The summed E-state index contributed by atoms with van der Waals surface area (Å²) < 4.78 is 0. The summed E-state index contributed by atoms with van der Waals surface area (Å²) in [4.78, 5) is 10.6. The van der Waals surface area contributed by atoms with E-state index < -0.39 is 6.10 Å². The highest BCUT2D eigenvalue weighted by atomic mass is 16.3. The molecule has 0 aromatic rings. The molecule has 0 spiro atoms. The number of nitrogens with one attached hydrogen (secondary N) is 1. The van der Waals surface area contributed by atoms with Gasteiger partial charge in [0.25, 0.3) is 5.91 Å². The molecule has 0 unspecified atom stereocenters. The normalized spacial score (nSPS) is 11.1. The van der Waals surface area contributed by atoms with Gasteiger partial charge in [-0.3, -0.25) is 4.79 Å². The van der Waals surface area contributed by atoms with Crippen LogP contribution in [0, 0.1) is 11.8 Å². The summed E-state index contributed by atoms with van der Waals surface area (Å²) in [5, 5.41) is 11.1. The van der Waals surface area contributed by atoms with Gasteiger partial charge in [-0.1, -0.05) is 5.92 Å². The van der Waals surface area contributed by atoms with Gasteiger partial charge in [0.2, 0.25) is 0 Å². The number of amides is 1. The van der Waals surface area contributed by atoms with E-state index in [-0.39, 0.29) is 12.5 Å². The molecule has 0 radical (unpaired) electrons. The molecule has 0 aliphatic rings. The Morgan fingerprint density at radius 2 is 2.40 bits per heavy atom. The molecule has 2 N–H and O–H groups in total. The van der Waals surface area contributed by atoms with Crippen LogP contribution in [0.1, 0.15) is 13.8 Å². The third-order valence-electron chi connectivity index (χ3n) is 0.797. The molecule has 56 valence electrons. The zero-order valence-electron chi connectivity index (χ0n) is 6.14. The highest BCUT2D eigenvalue weighted by Gasteiger charge is 1.96. The summed E-state index contributed by atoms with van der Waals surface area (Å²) in [6, 6.07) is 0. The second-order valence-electron chi connectivity index (χ2n) is 1.93. The Kier molecular flexibility index (Phi) is 4.34. The van der Waals surface area contributed by atoms with Crippen molar-refractivity contribution in [2.45, 2.75) is 20.0 Å². The van der Waals surface area contributed by atoms with E-state index in [4.69, 9.17) is 5.11 Å². The lowest BCUT2D eigenvalue weighted by atomic mass is 10.4. The zero-order valence-corrected chi connectivity index (χ0v) is 6.14. The maximum absolute atomic E-state index is 10.6. The van der Waals surface area contributed by atoms with E-state index in [1.54, 1.807) is 13.8 Å². The first-order valence-corrected chi connectivity index (χ1v) is 3.05. The lowest BCUT2D eigenvalue weighted by molar-refractivity contribution is -0.116. The predicted octanol–water partition coefficient (Wildman–Crippen LogP) is -0.493. The van der Waals surface area contributed by atoms with Crippen molar-refractivity contribution >= 4 is 5.91 Å². The van der Waals surface area contributed by atoms with Crippen molar-refractivity contribution in [3.63, 3.8) is 0 Å². The van der Waals surface area contributed by atoms with Gasteiger partial charge in [0, 0.05) is 6.54 Å². The van der Waals surface area contributed by atoms with Crippen molar-refractivity contribution in [2.75, 3.05) is 6.54 Å². The maximum Gasteiger partial charge on any atom is 0.295 e. The second kappa shape index (κ2) is 4.83. The summed E-state index contributed by atoms with van der Waals surface area (Å²) in [5.41, 5.74) is 0. The number of aliphatic hydroxyl groups is 1. The highest BCUT2D eigenvalue weighted by Crippen LogP contribution is 1.73. The van der Waals surface area contributed by atoms with Crippen molar-refractivity contribution in [1.29, 1.82) is 0 Å². The topological polar surface area (TPSA) is 49.3 Å². The molecule has 0 saturated heterocycles. The van der Waals surface area contributed by atoms with E-state index >= 15 is 0 Å². The van der Waals surface area contributed by atoms with Crippen molar-refractivity contribution in [3.05, 3.63) is 0 Å². The van der Waals surface area contributed by atoms with Crippen LogP contribution in [0.3, 0.4) is 0 Å². The van der Waals surface area contributed by atoms with Gasteiger partial charge >= 0.3 is 0 Å².